The molecular formula is C16H22N2O2S. The van der Waals surface area contributed by atoms with E-state index in [-0.39, 0.29) is 6.04 Å². The number of aromatic nitrogens is 1. The van der Waals surface area contributed by atoms with Crippen LogP contribution in [-0.4, -0.2) is 18.1 Å². The van der Waals surface area contributed by atoms with Crippen LogP contribution in [0.4, 0.5) is 0 Å². The summed E-state index contributed by atoms with van der Waals surface area (Å²) in [5, 5.41) is 3.50. The Morgan fingerprint density at radius 3 is 2.57 bits per heavy atom. The van der Waals surface area contributed by atoms with Crippen LogP contribution in [0.25, 0.3) is 0 Å². The number of nitrogens with one attached hydrogen (secondary N) is 1. The Balaban J connectivity index is 1.84. The number of ether oxygens (including phenoxy) is 2. The Kier molecular flexibility index (Phi) is 6.17. The number of nitrogens with zero attached hydrogens (tertiary/aromatic N) is 1. The molecule has 2 aromatic rings. The van der Waals surface area contributed by atoms with Gasteiger partial charge in [0.05, 0.1) is 13.7 Å². The summed E-state index contributed by atoms with van der Waals surface area (Å²) in [6.07, 6.45) is 0. The molecule has 0 aliphatic heterocycles. The Morgan fingerprint density at radius 2 is 1.95 bits per heavy atom. The first kappa shape index (κ1) is 15.9. The highest BCUT2D eigenvalue weighted by Crippen LogP contribution is 2.23. The summed E-state index contributed by atoms with van der Waals surface area (Å²) in [7, 11) is 1.64. The standard InChI is InChI=1S/C16H22N2O2S/c1-4-20-11-14-7-5-13(6-8-14)10-17-12(2)15-9-16(19-3)18-21-15/h5-9,12,17H,4,10-11H2,1-3H3. The van der Waals surface area contributed by atoms with Gasteiger partial charge in [0, 0.05) is 30.1 Å². The third-order valence-electron chi connectivity index (χ3n) is 3.25. The van der Waals surface area contributed by atoms with Crippen molar-refractivity contribution >= 4 is 11.5 Å². The minimum absolute atomic E-state index is 0.259. The third kappa shape index (κ3) is 4.81. The predicted molar refractivity (Wildman–Crippen MR) is 85.7 cm³/mol. The van der Waals surface area contributed by atoms with Crippen LogP contribution in [-0.2, 0) is 17.9 Å². The summed E-state index contributed by atoms with van der Waals surface area (Å²) in [6.45, 7) is 6.40. The van der Waals surface area contributed by atoms with Gasteiger partial charge in [0.15, 0.2) is 0 Å². The van der Waals surface area contributed by atoms with Crippen molar-refractivity contribution in [1.82, 2.24) is 9.69 Å². The van der Waals surface area contributed by atoms with Crippen molar-refractivity contribution in [1.29, 1.82) is 0 Å². The number of rotatable bonds is 8. The third-order valence-corrected chi connectivity index (χ3v) is 4.20. The van der Waals surface area contributed by atoms with Gasteiger partial charge in [-0.25, -0.2) is 0 Å². The highest BCUT2D eigenvalue weighted by Gasteiger charge is 2.09. The van der Waals surface area contributed by atoms with E-state index < -0.39 is 0 Å². The fourth-order valence-corrected chi connectivity index (χ4v) is 2.63. The van der Waals surface area contributed by atoms with Crippen molar-refractivity contribution in [3.8, 4) is 5.88 Å². The van der Waals surface area contributed by atoms with Gasteiger partial charge in [-0.05, 0) is 36.5 Å². The molecule has 1 unspecified atom stereocenters. The summed E-state index contributed by atoms with van der Waals surface area (Å²) < 4.78 is 14.7. The van der Waals surface area contributed by atoms with Crippen LogP contribution in [0.15, 0.2) is 30.3 Å². The molecule has 1 aromatic carbocycles. The van der Waals surface area contributed by atoms with Gasteiger partial charge in [0.2, 0.25) is 5.88 Å². The van der Waals surface area contributed by atoms with E-state index in [0.717, 1.165) is 13.2 Å². The van der Waals surface area contributed by atoms with Crippen LogP contribution >= 0.6 is 11.5 Å². The van der Waals surface area contributed by atoms with Crippen molar-refractivity contribution < 1.29 is 9.47 Å². The molecule has 114 valence electrons. The topological polar surface area (TPSA) is 43.4 Å². The monoisotopic (exact) mass is 306 g/mol. The zero-order valence-corrected chi connectivity index (χ0v) is 13.6. The molecule has 0 aliphatic rings. The molecule has 0 saturated heterocycles. The number of hydrogen-bond donors (Lipinski definition) is 1. The van der Waals surface area contributed by atoms with Gasteiger partial charge >= 0.3 is 0 Å². The minimum Gasteiger partial charge on any atom is -0.480 e. The van der Waals surface area contributed by atoms with Gasteiger partial charge in [-0.15, -0.1) is 0 Å². The van der Waals surface area contributed by atoms with E-state index in [2.05, 4.69) is 40.9 Å². The molecule has 1 N–H and O–H groups in total. The van der Waals surface area contributed by atoms with E-state index in [1.807, 2.05) is 13.0 Å². The molecule has 0 fully saturated rings. The van der Waals surface area contributed by atoms with Crippen molar-refractivity contribution in [2.75, 3.05) is 13.7 Å². The van der Waals surface area contributed by atoms with Gasteiger partial charge in [-0.2, -0.15) is 4.37 Å². The van der Waals surface area contributed by atoms with Crippen molar-refractivity contribution in [2.45, 2.75) is 33.0 Å². The Hall–Kier alpha value is -1.43. The van der Waals surface area contributed by atoms with Crippen LogP contribution < -0.4 is 10.1 Å². The molecule has 21 heavy (non-hydrogen) atoms. The smallest absolute Gasteiger partial charge is 0.225 e. The average Bonchev–Trinajstić information content (AvgIpc) is 3.00. The minimum atomic E-state index is 0.259. The molecular weight excluding hydrogens is 284 g/mol. The largest absolute Gasteiger partial charge is 0.480 e. The zero-order chi connectivity index (χ0) is 15.1. The van der Waals surface area contributed by atoms with Crippen molar-refractivity contribution in [2.24, 2.45) is 0 Å². The quantitative estimate of drug-likeness (QED) is 0.810. The summed E-state index contributed by atoms with van der Waals surface area (Å²) in [5.74, 6) is 0.684. The van der Waals surface area contributed by atoms with Gasteiger partial charge in [-0.1, -0.05) is 24.3 Å². The maximum Gasteiger partial charge on any atom is 0.225 e. The van der Waals surface area contributed by atoms with E-state index in [1.54, 1.807) is 7.11 Å². The van der Waals surface area contributed by atoms with Crippen LogP contribution in [0.3, 0.4) is 0 Å². The molecule has 5 heteroatoms. The lowest BCUT2D eigenvalue weighted by Gasteiger charge is -2.12. The first-order valence-electron chi connectivity index (χ1n) is 7.12. The van der Waals surface area contributed by atoms with Gasteiger partial charge in [-0.3, -0.25) is 0 Å². The molecule has 1 heterocycles. The Morgan fingerprint density at radius 1 is 1.24 bits per heavy atom. The van der Waals surface area contributed by atoms with Crippen LogP contribution in [0, 0.1) is 0 Å². The van der Waals surface area contributed by atoms with Crippen molar-refractivity contribution in [3.05, 3.63) is 46.3 Å². The number of methoxy groups -OCH3 is 1. The molecule has 2 rings (SSSR count). The Labute approximate surface area is 130 Å². The normalized spacial score (nSPS) is 12.3. The summed E-state index contributed by atoms with van der Waals surface area (Å²) in [6, 6.07) is 10.8. The lowest BCUT2D eigenvalue weighted by Crippen LogP contribution is -2.17. The van der Waals surface area contributed by atoms with Gasteiger partial charge in [0.1, 0.15) is 0 Å². The maximum atomic E-state index is 5.40. The number of benzene rings is 1. The first-order chi connectivity index (χ1) is 10.2. The number of hydrogen-bond acceptors (Lipinski definition) is 5. The van der Waals surface area contributed by atoms with Crippen LogP contribution in [0.5, 0.6) is 5.88 Å². The van der Waals surface area contributed by atoms with Gasteiger partial charge < -0.3 is 14.8 Å². The lowest BCUT2D eigenvalue weighted by atomic mass is 10.1. The first-order valence-corrected chi connectivity index (χ1v) is 7.89. The fourth-order valence-electron chi connectivity index (χ4n) is 1.92. The average molecular weight is 306 g/mol. The second-order valence-corrected chi connectivity index (χ2v) is 5.66. The second kappa shape index (κ2) is 8.12. The highest BCUT2D eigenvalue weighted by molar-refractivity contribution is 7.06. The molecule has 4 nitrogen and oxygen atoms in total. The molecule has 0 saturated carbocycles. The van der Waals surface area contributed by atoms with E-state index in [4.69, 9.17) is 9.47 Å². The van der Waals surface area contributed by atoms with E-state index in [1.165, 1.54) is 27.5 Å². The predicted octanol–water partition coefficient (Wildman–Crippen LogP) is 3.54. The molecule has 0 radical (unpaired) electrons. The lowest BCUT2D eigenvalue weighted by molar-refractivity contribution is 0.134. The fraction of sp³-hybridized carbons (Fsp3) is 0.438. The zero-order valence-electron chi connectivity index (χ0n) is 12.8. The second-order valence-electron chi connectivity index (χ2n) is 4.83. The summed E-state index contributed by atoms with van der Waals surface area (Å²) >= 11 is 1.47. The van der Waals surface area contributed by atoms with E-state index >= 15 is 0 Å². The van der Waals surface area contributed by atoms with E-state index in [0.29, 0.717) is 12.5 Å². The molecule has 1 aromatic heterocycles. The molecule has 1 atom stereocenters. The maximum absolute atomic E-state index is 5.40. The van der Waals surface area contributed by atoms with Crippen LogP contribution in [0.2, 0.25) is 0 Å². The summed E-state index contributed by atoms with van der Waals surface area (Å²) in [5.41, 5.74) is 2.47. The van der Waals surface area contributed by atoms with Gasteiger partial charge in [0.25, 0.3) is 0 Å². The SMILES string of the molecule is CCOCc1ccc(CNC(C)c2cc(OC)ns2)cc1. The summed E-state index contributed by atoms with van der Waals surface area (Å²) in [4.78, 5) is 1.18. The molecule has 0 aliphatic carbocycles. The van der Waals surface area contributed by atoms with Crippen LogP contribution in [0.1, 0.15) is 35.9 Å². The Bertz CT molecular complexity index is 539. The molecule has 0 amide bonds. The molecule has 0 spiro atoms. The van der Waals surface area contributed by atoms with E-state index in [9.17, 15) is 0 Å². The molecule has 0 bridgehead atoms. The van der Waals surface area contributed by atoms with Crippen molar-refractivity contribution in [3.63, 3.8) is 0 Å². The highest BCUT2D eigenvalue weighted by atomic mass is 32.1.